The molecule has 0 saturated carbocycles. The van der Waals surface area contributed by atoms with Crippen molar-refractivity contribution in [2.45, 2.75) is 17.9 Å². The minimum atomic E-state index is -3.38. The lowest BCUT2D eigenvalue weighted by atomic mass is 10.4. The number of sulfonamides is 1. The van der Waals surface area contributed by atoms with Crippen LogP contribution in [0.15, 0.2) is 35.2 Å². The predicted octanol–water partition coefficient (Wildman–Crippen LogP) is 1.05. The molecule has 4 nitrogen and oxygen atoms in total. The summed E-state index contributed by atoms with van der Waals surface area (Å²) >= 11 is 0. The van der Waals surface area contributed by atoms with Gasteiger partial charge in [0.1, 0.15) is 6.73 Å². The highest BCUT2D eigenvalue weighted by Crippen LogP contribution is 2.21. The molecule has 1 fully saturated rings. The van der Waals surface area contributed by atoms with Crippen molar-refractivity contribution in [2.75, 3.05) is 13.3 Å². The maximum atomic E-state index is 12.1. The van der Waals surface area contributed by atoms with Gasteiger partial charge in [0.05, 0.1) is 11.5 Å². The van der Waals surface area contributed by atoms with Gasteiger partial charge in [0.25, 0.3) is 0 Å². The molecule has 15 heavy (non-hydrogen) atoms. The summed E-state index contributed by atoms with van der Waals surface area (Å²) in [6.45, 7) is 2.46. The van der Waals surface area contributed by atoms with Gasteiger partial charge in [0.15, 0.2) is 0 Å². The zero-order valence-electron chi connectivity index (χ0n) is 8.46. The lowest BCUT2D eigenvalue weighted by Crippen LogP contribution is -2.34. The molecule has 1 aliphatic rings. The molecule has 0 radical (unpaired) electrons. The molecule has 0 aromatic heterocycles. The first-order valence-corrected chi connectivity index (χ1v) is 6.21. The molecule has 1 unspecified atom stereocenters. The summed E-state index contributed by atoms with van der Waals surface area (Å²) in [5.41, 5.74) is 0. The molecule has 0 amide bonds. The van der Waals surface area contributed by atoms with Crippen molar-refractivity contribution < 1.29 is 13.2 Å². The van der Waals surface area contributed by atoms with E-state index in [0.717, 1.165) is 0 Å². The zero-order chi connectivity index (χ0) is 10.9. The summed E-state index contributed by atoms with van der Waals surface area (Å²) in [6.07, 6.45) is 0. The van der Waals surface area contributed by atoms with E-state index in [4.69, 9.17) is 4.74 Å². The van der Waals surface area contributed by atoms with Crippen molar-refractivity contribution in [3.63, 3.8) is 0 Å². The molecule has 1 heterocycles. The smallest absolute Gasteiger partial charge is 0.245 e. The average molecular weight is 227 g/mol. The van der Waals surface area contributed by atoms with Crippen LogP contribution in [0.5, 0.6) is 0 Å². The molecule has 1 aromatic rings. The van der Waals surface area contributed by atoms with Crippen molar-refractivity contribution in [3.05, 3.63) is 30.3 Å². The Morgan fingerprint density at radius 1 is 1.33 bits per heavy atom. The molecule has 1 aromatic carbocycles. The molecule has 0 spiro atoms. The van der Waals surface area contributed by atoms with Gasteiger partial charge >= 0.3 is 0 Å². The second kappa shape index (κ2) is 3.92. The number of rotatable bonds is 2. The highest BCUT2D eigenvalue weighted by atomic mass is 32.2. The Kier molecular flexibility index (Phi) is 2.77. The first-order valence-electron chi connectivity index (χ1n) is 4.77. The molecular weight excluding hydrogens is 214 g/mol. The minimum Gasteiger partial charge on any atom is -0.363 e. The third-order valence-electron chi connectivity index (χ3n) is 2.42. The normalized spacial score (nSPS) is 23.1. The van der Waals surface area contributed by atoms with Crippen molar-refractivity contribution in [2.24, 2.45) is 0 Å². The maximum Gasteiger partial charge on any atom is 0.245 e. The second-order valence-electron chi connectivity index (χ2n) is 3.55. The number of hydrogen-bond donors (Lipinski definition) is 0. The highest BCUT2D eigenvalue weighted by molar-refractivity contribution is 7.89. The molecule has 2 rings (SSSR count). The molecule has 0 bridgehead atoms. The van der Waals surface area contributed by atoms with Gasteiger partial charge in [-0.05, 0) is 19.1 Å². The van der Waals surface area contributed by atoms with Crippen LogP contribution in [-0.4, -0.2) is 32.1 Å². The van der Waals surface area contributed by atoms with Crippen molar-refractivity contribution in [1.29, 1.82) is 0 Å². The lowest BCUT2D eigenvalue weighted by molar-refractivity contribution is 0.172. The summed E-state index contributed by atoms with van der Waals surface area (Å²) in [4.78, 5) is 0.322. The molecule has 5 heteroatoms. The van der Waals surface area contributed by atoms with Crippen LogP contribution in [0.2, 0.25) is 0 Å². The van der Waals surface area contributed by atoms with Gasteiger partial charge in [0, 0.05) is 6.04 Å². The van der Waals surface area contributed by atoms with E-state index in [0.29, 0.717) is 11.5 Å². The fourth-order valence-electron chi connectivity index (χ4n) is 1.56. The van der Waals surface area contributed by atoms with Gasteiger partial charge in [-0.3, -0.25) is 0 Å². The molecule has 1 atom stereocenters. The van der Waals surface area contributed by atoms with E-state index in [1.54, 1.807) is 30.3 Å². The summed E-state index contributed by atoms with van der Waals surface area (Å²) in [7, 11) is -3.38. The summed E-state index contributed by atoms with van der Waals surface area (Å²) in [5.74, 6) is 0. The number of benzene rings is 1. The third kappa shape index (κ3) is 1.90. The van der Waals surface area contributed by atoms with Gasteiger partial charge in [-0.1, -0.05) is 18.2 Å². The van der Waals surface area contributed by atoms with E-state index >= 15 is 0 Å². The Morgan fingerprint density at radius 3 is 2.53 bits per heavy atom. The van der Waals surface area contributed by atoms with Gasteiger partial charge in [-0.25, -0.2) is 8.42 Å². The monoisotopic (exact) mass is 227 g/mol. The Labute approximate surface area is 89.5 Å². The predicted molar refractivity (Wildman–Crippen MR) is 55.7 cm³/mol. The van der Waals surface area contributed by atoms with E-state index in [1.165, 1.54) is 4.31 Å². The zero-order valence-corrected chi connectivity index (χ0v) is 9.28. The topological polar surface area (TPSA) is 46.6 Å². The van der Waals surface area contributed by atoms with Crippen molar-refractivity contribution in [1.82, 2.24) is 4.31 Å². The second-order valence-corrected chi connectivity index (χ2v) is 5.44. The van der Waals surface area contributed by atoms with Gasteiger partial charge in [-0.15, -0.1) is 0 Å². The first-order chi connectivity index (χ1) is 7.12. The molecule has 1 aliphatic heterocycles. The maximum absolute atomic E-state index is 12.1. The van der Waals surface area contributed by atoms with Crippen LogP contribution in [0.3, 0.4) is 0 Å². The lowest BCUT2D eigenvalue weighted by Gasteiger charge is -2.18. The molecule has 1 saturated heterocycles. The Morgan fingerprint density at radius 2 is 2.00 bits per heavy atom. The van der Waals surface area contributed by atoms with Gasteiger partial charge in [0.2, 0.25) is 10.0 Å². The van der Waals surface area contributed by atoms with Crippen LogP contribution in [0.25, 0.3) is 0 Å². The fourth-order valence-corrected chi connectivity index (χ4v) is 3.08. The molecule has 82 valence electrons. The molecule has 0 N–H and O–H groups in total. The first kappa shape index (κ1) is 10.6. The number of ether oxygens (including phenoxy) is 1. The third-order valence-corrected chi connectivity index (χ3v) is 4.37. The number of nitrogens with zero attached hydrogens (tertiary/aromatic N) is 1. The highest BCUT2D eigenvalue weighted by Gasteiger charge is 2.33. The van der Waals surface area contributed by atoms with E-state index in [2.05, 4.69) is 0 Å². The van der Waals surface area contributed by atoms with Crippen LogP contribution >= 0.6 is 0 Å². The summed E-state index contributed by atoms with van der Waals surface area (Å²) in [5, 5.41) is 0. The van der Waals surface area contributed by atoms with Gasteiger partial charge in [-0.2, -0.15) is 4.31 Å². The minimum absolute atomic E-state index is 0.0878. The number of hydrogen-bond acceptors (Lipinski definition) is 3. The Bertz CT molecular complexity index is 429. The van der Waals surface area contributed by atoms with E-state index in [-0.39, 0.29) is 12.8 Å². The van der Waals surface area contributed by atoms with Gasteiger partial charge < -0.3 is 4.74 Å². The Hall–Kier alpha value is -0.910. The van der Waals surface area contributed by atoms with Crippen molar-refractivity contribution in [3.8, 4) is 0 Å². The van der Waals surface area contributed by atoms with E-state index in [1.807, 2.05) is 6.92 Å². The quantitative estimate of drug-likeness (QED) is 0.758. The van der Waals surface area contributed by atoms with Crippen LogP contribution in [0.1, 0.15) is 6.92 Å². The van der Waals surface area contributed by atoms with E-state index < -0.39 is 10.0 Å². The SMILES string of the molecule is CC1COCN1S(=O)(=O)c1ccccc1. The standard InChI is InChI=1S/C10H13NO3S/c1-9-7-14-8-11(9)15(12,13)10-5-3-2-4-6-10/h2-6,9H,7-8H2,1H3. The summed E-state index contributed by atoms with van der Waals surface area (Å²) in [6, 6.07) is 8.34. The average Bonchev–Trinajstić information content (AvgIpc) is 2.66. The van der Waals surface area contributed by atoms with Crippen LogP contribution < -0.4 is 0 Å². The van der Waals surface area contributed by atoms with Crippen LogP contribution in [0.4, 0.5) is 0 Å². The molecular formula is C10H13NO3S. The Balaban J connectivity index is 2.35. The molecule has 0 aliphatic carbocycles. The summed E-state index contributed by atoms with van der Waals surface area (Å²) < 4.78 is 30.7. The fraction of sp³-hybridized carbons (Fsp3) is 0.400. The largest absolute Gasteiger partial charge is 0.363 e. The van der Waals surface area contributed by atoms with Crippen LogP contribution in [-0.2, 0) is 14.8 Å². The van der Waals surface area contributed by atoms with Crippen molar-refractivity contribution >= 4 is 10.0 Å². The van der Waals surface area contributed by atoms with E-state index in [9.17, 15) is 8.42 Å². The van der Waals surface area contributed by atoms with Crippen LogP contribution in [0, 0.1) is 0 Å².